The van der Waals surface area contributed by atoms with Gasteiger partial charge in [-0.1, -0.05) is 6.58 Å². The summed E-state index contributed by atoms with van der Waals surface area (Å²) >= 11 is 0. The number of imidazole rings is 1. The molecule has 1 aromatic heterocycles. The van der Waals surface area contributed by atoms with E-state index in [0.717, 1.165) is 11.3 Å². The minimum absolute atomic E-state index is 0.307. The summed E-state index contributed by atoms with van der Waals surface area (Å²) in [5.74, 6) is -0.326. The maximum Gasteiger partial charge on any atom is 0.316 e. The summed E-state index contributed by atoms with van der Waals surface area (Å²) < 4.78 is 14.9. The molecule has 0 atom stereocenters. The minimum atomic E-state index is -0.712. The van der Waals surface area contributed by atoms with E-state index in [9.17, 15) is 9.18 Å². The third-order valence-electron chi connectivity index (χ3n) is 3.22. The Kier molecular flexibility index (Phi) is 5.16. The molecule has 2 aromatic rings. The molecule has 0 unspecified atom stereocenters. The lowest BCUT2D eigenvalue weighted by molar-refractivity contribution is 0.251. The van der Waals surface area contributed by atoms with Gasteiger partial charge in [0, 0.05) is 23.9 Å². The lowest BCUT2D eigenvalue weighted by atomic mass is 10.0. The van der Waals surface area contributed by atoms with Gasteiger partial charge < -0.3 is 21.4 Å². The molecular formula is C17H18FN5O. The number of carbonyl (C=O) groups excluding carboxylic acids is 1. The number of hydrogen-bond donors (Lipinski definition) is 3. The summed E-state index contributed by atoms with van der Waals surface area (Å²) in [7, 11) is 1.82. The first-order valence-electron chi connectivity index (χ1n) is 7.05. The number of primary amides is 1. The van der Waals surface area contributed by atoms with E-state index in [1.54, 1.807) is 35.2 Å². The van der Waals surface area contributed by atoms with Crippen molar-refractivity contribution in [1.29, 1.82) is 0 Å². The molecule has 2 amide bonds. The van der Waals surface area contributed by atoms with Gasteiger partial charge in [-0.15, -0.1) is 0 Å². The summed E-state index contributed by atoms with van der Waals surface area (Å²) in [4.78, 5) is 15.3. The topological polar surface area (TPSA) is 99.0 Å². The number of nitrogens with zero attached hydrogens (tertiary/aromatic N) is 2. The molecule has 0 saturated carbocycles. The summed E-state index contributed by atoms with van der Waals surface area (Å²) in [6.45, 7) is 3.73. The molecule has 0 spiro atoms. The molecule has 24 heavy (non-hydrogen) atoms. The van der Waals surface area contributed by atoms with E-state index in [0.29, 0.717) is 17.0 Å². The molecule has 0 radical (unpaired) electrons. The maximum atomic E-state index is 13.2. The second-order valence-corrected chi connectivity index (χ2v) is 5.03. The zero-order valence-corrected chi connectivity index (χ0v) is 13.2. The molecule has 5 N–H and O–H groups in total. The van der Waals surface area contributed by atoms with Crippen molar-refractivity contribution >= 4 is 11.6 Å². The first-order chi connectivity index (χ1) is 11.4. The van der Waals surface area contributed by atoms with Crippen LogP contribution in [0.25, 0.3) is 16.8 Å². The fourth-order valence-electron chi connectivity index (χ4n) is 2.27. The number of nitrogens with one attached hydrogen (secondary N) is 1. The zero-order valence-electron chi connectivity index (χ0n) is 13.2. The van der Waals surface area contributed by atoms with E-state index in [-0.39, 0.29) is 5.82 Å². The monoisotopic (exact) mass is 327 g/mol. The predicted octanol–water partition coefficient (Wildman–Crippen LogP) is 2.26. The first kappa shape index (κ1) is 17.0. The molecule has 2 rings (SSSR count). The second kappa shape index (κ2) is 7.28. The van der Waals surface area contributed by atoms with Crippen molar-refractivity contribution in [2.45, 2.75) is 0 Å². The molecule has 6 nitrogen and oxygen atoms in total. The van der Waals surface area contributed by atoms with Gasteiger partial charge in [-0.3, -0.25) is 0 Å². The van der Waals surface area contributed by atoms with Gasteiger partial charge in [-0.25, -0.2) is 14.2 Å². The van der Waals surface area contributed by atoms with Crippen LogP contribution in [-0.2, 0) is 7.05 Å². The van der Waals surface area contributed by atoms with Crippen molar-refractivity contribution in [1.82, 2.24) is 14.9 Å². The number of aryl methyl sites for hydroxylation is 1. The molecule has 0 saturated heterocycles. The Morgan fingerprint density at radius 3 is 2.62 bits per heavy atom. The number of carbonyl (C=O) groups is 1. The summed E-state index contributed by atoms with van der Waals surface area (Å²) in [5, 5.41) is 2.39. The average Bonchev–Trinajstić information content (AvgIpc) is 2.88. The fourth-order valence-corrected chi connectivity index (χ4v) is 2.27. The van der Waals surface area contributed by atoms with Gasteiger partial charge in [0.2, 0.25) is 0 Å². The molecule has 0 aliphatic carbocycles. The number of urea groups is 1. The van der Waals surface area contributed by atoms with Gasteiger partial charge in [0.05, 0.1) is 17.7 Å². The molecule has 0 aliphatic rings. The van der Waals surface area contributed by atoms with E-state index in [2.05, 4.69) is 16.9 Å². The van der Waals surface area contributed by atoms with Crippen LogP contribution in [0.4, 0.5) is 9.18 Å². The summed E-state index contributed by atoms with van der Waals surface area (Å²) in [5.41, 5.74) is 13.7. The van der Waals surface area contributed by atoms with Crippen molar-refractivity contribution < 1.29 is 9.18 Å². The van der Waals surface area contributed by atoms with Crippen LogP contribution in [0.15, 0.2) is 61.2 Å². The Hall–Kier alpha value is -3.35. The molecule has 7 heteroatoms. The lowest BCUT2D eigenvalue weighted by Gasteiger charge is -2.09. The number of nitrogens with two attached hydrogens (primary N) is 2. The Bertz CT molecular complexity index is 818. The Morgan fingerprint density at radius 2 is 2.04 bits per heavy atom. The highest BCUT2D eigenvalue weighted by Crippen LogP contribution is 2.28. The molecule has 1 heterocycles. The van der Waals surface area contributed by atoms with Crippen molar-refractivity contribution in [3.05, 3.63) is 72.7 Å². The highest BCUT2D eigenvalue weighted by molar-refractivity contribution is 5.84. The van der Waals surface area contributed by atoms with Crippen LogP contribution >= 0.6 is 0 Å². The lowest BCUT2D eigenvalue weighted by Crippen LogP contribution is -2.27. The third kappa shape index (κ3) is 3.89. The Labute approximate surface area is 139 Å². The first-order valence-corrected chi connectivity index (χ1v) is 7.05. The van der Waals surface area contributed by atoms with Gasteiger partial charge in [0.1, 0.15) is 5.82 Å². The molecular weight excluding hydrogens is 309 g/mol. The standard InChI is InChI=1S/C17H18FN5O/c1-11(22-17(20)24)9-13(7-8-19)16-15(21-10-23(16)2)12-3-5-14(18)6-4-12/h3-10H,1,19H2,2H3,(H3,20,22,24)/b8-7-,13-9+. The van der Waals surface area contributed by atoms with Crippen molar-refractivity contribution in [3.8, 4) is 11.3 Å². The highest BCUT2D eigenvalue weighted by atomic mass is 19.1. The normalized spacial score (nSPS) is 11.7. The van der Waals surface area contributed by atoms with Gasteiger partial charge in [0.15, 0.2) is 0 Å². The van der Waals surface area contributed by atoms with Crippen molar-refractivity contribution in [2.24, 2.45) is 18.5 Å². The van der Waals surface area contributed by atoms with Crippen molar-refractivity contribution in [2.75, 3.05) is 0 Å². The highest BCUT2D eigenvalue weighted by Gasteiger charge is 2.14. The molecule has 0 aliphatic heterocycles. The number of benzene rings is 1. The van der Waals surface area contributed by atoms with E-state index < -0.39 is 6.03 Å². The number of halogens is 1. The van der Waals surface area contributed by atoms with E-state index >= 15 is 0 Å². The van der Waals surface area contributed by atoms with Gasteiger partial charge >= 0.3 is 6.03 Å². The molecule has 0 fully saturated rings. The summed E-state index contributed by atoms with van der Waals surface area (Å²) in [6, 6.07) is 5.30. The van der Waals surface area contributed by atoms with Crippen LogP contribution in [0, 0.1) is 5.82 Å². The van der Waals surface area contributed by atoms with Gasteiger partial charge in [-0.2, -0.15) is 0 Å². The van der Waals surface area contributed by atoms with E-state index in [1.165, 1.54) is 18.3 Å². The number of hydrogen-bond acceptors (Lipinski definition) is 3. The van der Waals surface area contributed by atoms with Crippen LogP contribution in [0.3, 0.4) is 0 Å². The van der Waals surface area contributed by atoms with Gasteiger partial charge in [0.25, 0.3) is 0 Å². The number of amides is 2. The van der Waals surface area contributed by atoms with E-state index in [1.807, 2.05) is 7.05 Å². The Morgan fingerprint density at radius 1 is 1.38 bits per heavy atom. The SMILES string of the molecule is C=C(/C=C(\C=C/N)c1c(-c2ccc(F)cc2)ncn1C)NC(N)=O. The molecule has 124 valence electrons. The number of aromatic nitrogens is 2. The second-order valence-electron chi connectivity index (χ2n) is 5.03. The third-order valence-corrected chi connectivity index (χ3v) is 3.22. The van der Waals surface area contributed by atoms with Crippen LogP contribution in [-0.4, -0.2) is 15.6 Å². The van der Waals surface area contributed by atoms with Crippen LogP contribution in [0.5, 0.6) is 0 Å². The van der Waals surface area contributed by atoms with Crippen LogP contribution in [0.1, 0.15) is 5.69 Å². The zero-order chi connectivity index (χ0) is 17.7. The molecule has 1 aromatic carbocycles. The fraction of sp³-hybridized carbons (Fsp3) is 0.0588. The van der Waals surface area contributed by atoms with Crippen LogP contribution < -0.4 is 16.8 Å². The average molecular weight is 327 g/mol. The predicted molar refractivity (Wildman–Crippen MR) is 91.8 cm³/mol. The van der Waals surface area contributed by atoms with Gasteiger partial charge in [-0.05, 0) is 42.6 Å². The largest absolute Gasteiger partial charge is 0.405 e. The van der Waals surface area contributed by atoms with Crippen molar-refractivity contribution in [3.63, 3.8) is 0 Å². The summed E-state index contributed by atoms with van der Waals surface area (Å²) in [6.07, 6.45) is 6.28. The smallest absolute Gasteiger partial charge is 0.316 e. The molecule has 0 bridgehead atoms. The number of rotatable bonds is 5. The number of allylic oxidation sites excluding steroid dienone is 3. The quantitative estimate of drug-likeness (QED) is 0.735. The maximum absolute atomic E-state index is 13.2. The van der Waals surface area contributed by atoms with Crippen LogP contribution in [0.2, 0.25) is 0 Å². The minimum Gasteiger partial charge on any atom is -0.405 e. The Balaban J connectivity index is 2.53. The van der Waals surface area contributed by atoms with E-state index in [4.69, 9.17) is 11.5 Å².